The molecule has 108 valence electrons. The zero-order valence-corrected chi connectivity index (χ0v) is 10.7. The first-order valence-electron chi connectivity index (χ1n) is 6.00. The largest absolute Gasteiger partial charge is 0.390 e. The van der Waals surface area contributed by atoms with Crippen LogP contribution >= 0.6 is 0 Å². The topological polar surface area (TPSA) is 54.2 Å². The molecule has 0 fully saturated rings. The summed E-state index contributed by atoms with van der Waals surface area (Å²) in [6, 6.07) is 1.84. The number of nitrogens with zero attached hydrogens (tertiary/aromatic N) is 3. The molecule has 8 heteroatoms. The molecule has 0 aliphatic heterocycles. The van der Waals surface area contributed by atoms with Crippen molar-refractivity contribution in [3.05, 3.63) is 18.5 Å². The average Bonchev–Trinajstić information content (AvgIpc) is 2.83. The van der Waals surface area contributed by atoms with Gasteiger partial charge in [-0.2, -0.15) is 18.3 Å². The molecule has 0 saturated carbocycles. The summed E-state index contributed by atoms with van der Waals surface area (Å²) in [5, 5.41) is 9.61. The van der Waals surface area contributed by atoms with Crippen LogP contribution in [0.2, 0.25) is 0 Å². The van der Waals surface area contributed by atoms with E-state index in [1.165, 1.54) is 7.05 Å². The number of nitrogens with one attached hydrogen (secondary N) is 2. The minimum absolute atomic E-state index is 0.178. The predicted octanol–water partition coefficient (Wildman–Crippen LogP) is 1.39. The van der Waals surface area contributed by atoms with Gasteiger partial charge in [0.25, 0.3) is 0 Å². The Morgan fingerprint density at radius 3 is 2.63 bits per heavy atom. The standard InChI is InChI=1S/C11H18F3N5/c1-15-10(17-7-4-11(12,13)14)16-5-2-8-19-9-3-6-18-19/h3,6,9H,2,4-5,7-8H2,1H3,(H2,15,16,17). The zero-order valence-electron chi connectivity index (χ0n) is 10.7. The molecule has 0 aromatic carbocycles. The molecule has 0 aliphatic rings. The highest BCUT2D eigenvalue weighted by Crippen LogP contribution is 2.17. The van der Waals surface area contributed by atoms with Gasteiger partial charge in [0.2, 0.25) is 0 Å². The maximum Gasteiger partial charge on any atom is 0.390 e. The fourth-order valence-corrected chi connectivity index (χ4v) is 1.42. The molecular formula is C11H18F3N5. The van der Waals surface area contributed by atoms with Crippen LogP contribution in [-0.4, -0.2) is 42.1 Å². The van der Waals surface area contributed by atoms with Crippen LogP contribution in [0.15, 0.2) is 23.5 Å². The summed E-state index contributed by atoms with van der Waals surface area (Å²) in [6.45, 7) is 1.19. The van der Waals surface area contributed by atoms with Crippen LogP contribution in [0, 0.1) is 0 Å². The molecule has 0 spiro atoms. The molecule has 19 heavy (non-hydrogen) atoms. The molecular weight excluding hydrogens is 259 g/mol. The van der Waals surface area contributed by atoms with Crippen molar-refractivity contribution in [2.45, 2.75) is 25.6 Å². The van der Waals surface area contributed by atoms with Crippen LogP contribution in [-0.2, 0) is 6.54 Å². The molecule has 1 heterocycles. The first-order chi connectivity index (χ1) is 9.01. The van der Waals surface area contributed by atoms with Crippen molar-refractivity contribution in [2.24, 2.45) is 4.99 Å². The van der Waals surface area contributed by atoms with Gasteiger partial charge in [0, 0.05) is 39.1 Å². The van der Waals surface area contributed by atoms with Crippen molar-refractivity contribution < 1.29 is 13.2 Å². The minimum atomic E-state index is -4.15. The first kappa shape index (κ1) is 15.3. The summed E-state index contributed by atoms with van der Waals surface area (Å²) in [6.07, 6.45) is -0.657. The van der Waals surface area contributed by atoms with Crippen molar-refractivity contribution in [2.75, 3.05) is 20.1 Å². The molecule has 0 amide bonds. The second kappa shape index (κ2) is 7.65. The molecule has 0 bridgehead atoms. The third-order valence-electron chi connectivity index (χ3n) is 2.34. The van der Waals surface area contributed by atoms with Crippen LogP contribution in [0.1, 0.15) is 12.8 Å². The molecule has 2 N–H and O–H groups in total. The lowest BCUT2D eigenvalue weighted by atomic mass is 10.4. The number of hydrogen-bond donors (Lipinski definition) is 2. The Hall–Kier alpha value is -1.73. The van der Waals surface area contributed by atoms with Gasteiger partial charge in [-0.1, -0.05) is 0 Å². The van der Waals surface area contributed by atoms with Crippen molar-refractivity contribution in [3.63, 3.8) is 0 Å². The van der Waals surface area contributed by atoms with E-state index in [4.69, 9.17) is 0 Å². The highest BCUT2D eigenvalue weighted by molar-refractivity contribution is 5.79. The maximum absolute atomic E-state index is 12.0. The fraction of sp³-hybridized carbons (Fsp3) is 0.636. The van der Waals surface area contributed by atoms with Gasteiger partial charge in [0.05, 0.1) is 6.42 Å². The van der Waals surface area contributed by atoms with E-state index in [9.17, 15) is 13.2 Å². The van der Waals surface area contributed by atoms with E-state index in [2.05, 4.69) is 20.7 Å². The second-order valence-corrected chi connectivity index (χ2v) is 3.91. The van der Waals surface area contributed by atoms with Gasteiger partial charge < -0.3 is 10.6 Å². The third-order valence-corrected chi connectivity index (χ3v) is 2.34. The van der Waals surface area contributed by atoms with Crippen LogP contribution in [0.3, 0.4) is 0 Å². The Morgan fingerprint density at radius 1 is 1.32 bits per heavy atom. The Balaban J connectivity index is 2.12. The lowest BCUT2D eigenvalue weighted by Crippen LogP contribution is -2.39. The van der Waals surface area contributed by atoms with E-state index in [1.54, 1.807) is 10.9 Å². The van der Waals surface area contributed by atoms with Crippen LogP contribution in [0.25, 0.3) is 0 Å². The number of rotatable bonds is 6. The van der Waals surface area contributed by atoms with Crippen LogP contribution < -0.4 is 10.6 Å². The summed E-state index contributed by atoms with van der Waals surface area (Å²) >= 11 is 0. The van der Waals surface area contributed by atoms with E-state index in [0.717, 1.165) is 13.0 Å². The Kier molecular flexibility index (Phi) is 6.17. The molecule has 0 unspecified atom stereocenters. The van der Waals surface area contributed by atoms with E-state index in [1.807, 2.05) is 12.3 Å². The summed E-state index contributed by atoms with van der Waals surface area (Å²) in [5.41, 5.74) is 0. The van der Waals surface area contributed by atoms with E-state index in [-0.39, 0.29) is 6.54 Å². The van der Waals surface area contributed by atoms with E-state index in [0.29, 0.717) is 12.5 Å². The van der Waals surface area contributed by atoms with Gasteiger partial charge in [-0.05, 0) is 12.5 Å². The summed E-state index contributed by atoms with van der Waals surface area (Å²) < 4.78 is 37.7. The number of alkyl halides is 3. The number of aryl methyl sites for hydroxylation is 1. The number of hydrogen-bond acceptors (Lipinski definition) is 2. The highest BCUT2D eigenvalue weighted by atomic mass is 19.4. The Morgan fingerprint density at radius 2 is 2.05 bits per heavy atom. The molecule has 0 radical (unpaired) electrons. The normalized spacial score (nSPS) is 12.5. The summed E-state index contributed by atoms with van der Waals surface area (Å²) in [5.74, 6) is 0.379. The lowest BCUT2D eigenvalue weighted by molar-refractivity contribution is -0.132. The predicted molar refractivity (Wildman–Crippen MR) is 66.9 cm³/mol. The van der Waals surface area contributed by atoms with Gasteiger partial charge in [0.1, 0.15) is 0 Å². The van der Waals surface area contributed by atoms with Gasteiger partial charge >= 0.3 is 6.18 Å². The number of aliphatic imine (C=N–C) groups is 1. The summed E-state index contributed by atoms with van der Waals surface area (Å²) in [4.78, 5) is 3.85. The number of aromatic nitrogens is 2. The van der Waals surface area contributed by atoms with Crippen molar-refractivity contribution in [1.82, 2.24) is 20.4 Å². The molecule has 0 saturated heterocycles. The molecule has 1 rings (SSSR count). The van der Waals surface area contributed by atoms with Gasteiger partial charge in [0.15, 0.2) is 5.96 Å². The van der Waals surface area contributed by atoms with Crippen molar-refractivity contribution in [1.29, 1.82) is 0 Å². The molecule has 0 atom stereocenters. The second-order valence-electron chi connectivity index (χ2n) is 3.91. The molecule has 5 nitrogen and oxygen atoms in total. The SMILES string of the molecule is CN=C(NCCCn1cccn1)NCCC(F)(F)F. The zero-order chi connectivity index (χ0) is 14.1. The molecule has 0 aliphatic carbocycles. The lowest BCUT2D eigenvalue weighted by Gasteiger charge is -2.12. The number of halogens is 3. The minimum Gasteiger partial charge on any atom is -0.356 e. The maximum atomic E-state index is 12.0. The van der Waals surface area contributed by atoms with Crippen LogP contribution in [0.5, 0.6) is 0 Å². The molecule has 1 aromatic rings. The van der Waals surface area contributed by atoms with Crippen molar-refractivity contribution >= 4 is 5.96 Å². The van der Waals surface area contributed by atoms with E-state index < -0.39 is 12.6 Å². The fourth-order valence-electron chi connectivity index (χ4n) is 1.42. The Bertz CT molecular complexity index is 372. The quantitative estimate of drug-likeness (QED) is 0.469. The smallest absolute Gasteiger partial charge is 0.356 e. The van der Waals surface area contributed by atoms with Gasteiger partial charge in [-0.3, -0.25) is 9.67 Å². The summed E-state index contributed by atoms with van der Waals surface area (Å²) in [7, 11) is 1.52. The first-order valence-corrected chi connectivity index (χ1v) is 6.00. The number of guanidine groups is 1. The Labute approximate surface area is 109 Å². The molecule has 1 aromatic heterocycles. The van der Waals surface area contributed by atoms with Crippen LogP contribution in [0.4, 0.5) is 13.2 Å². The van der Waals surface area contributed by atoms with Gasteiger partial charge in [-0.15, -0.1) is 0 Å². The van der Waals surface area contributed by atoms with E-state index >= 15 is 0 Å². The van der Waals surface area contributed by atoms with Gasteiger partial charge in [-0.25, -0.2) is 0 Å². The third kappa shape index (κ3) is 7.32. The monoisotopic (exact) mass is 277 g/mol. The van der Waals surface area contributed by atoms with Crippen molar-refractivity contribution in [3.8, 4) is 0 Å². The average molecular weight is 277 g/mol. The highest BCUT2D eigenvalue weighted by Gasteiger charge is 2.26.